The van der Waals surface area contributed by atoms with E-state index in [9.17, 15) is 4.79 Å². The summed E-state index contributed by atoms with van der Waals surface area (Å²) in [5, 5.41) is 3.90. The summed E-state index contributed by atoms with van der Waals surface area (Å²) in [5.41, 5.74) is 2.22. The molecule has 0 saturated carbocycles. The van der Waals surface area contributed by atoms with Gasteiger partial charge in [0.05, 0.1) is 0 Å². The van der Waals surface area contributed by atoms with Gasteiger partial charge >= 0.3 is 0 Å². The van der Waals surface area contributed by atoms with Gasteiger partial charge in [0, 0.05) is 17.4 Å². The van der Waals surface area contributed by atoms with Crippen molar-refractivity contribution in [1.82, 2.24) is 0 Å². The lowest BCUT2D eigenvalue weighted by Crippen LogP contribution is -2.01. The number of carbonyl (C=O) groups excluding carboxylic acids is 1. The van der Waals surface area contributed by atoms with Crippen LogP contribution in [0.25, 0.3) is 0 Å². The van der Waals surface area contributed by atoms with Gasteiger partial charge in [-0.25, -0.2) is 0 Å². The van der Waals surface area contributed by atoms with Crippen molar-refractivity contribution in [2.24, 2.45) is 0 Å². The molecule has 0 aliphatic heterocycles. The van der Waals surface area contributed by atoms with Crippen molar-refractivity contribution in [3.8, 4) is 0 Å². The van der Waals surface area contributed by atoms with Crippen LogP contribution in [0.4, 0.5) is 0 Å². The van der Waals surface area contributed by atoms with Gasteiger partial charge in [-0.3, -0.25) is 4.79 Å². The Kier molecular flexibility index (Phi) is 3.14. The van der Waals surface area contributed by atoms with Gasteiger partial charge in [-0.1, -0.05) is 11.6 Å². The summed E-state index contributed by atoms with van der Waals surface area (Å²) < 4.78 is 0. The summed E-state index contributed by atoms with van der Waals surface area (Å²) in [4.78, 5) is 11.7. The van der Waals surface area contributed by atoms with E-state index in [1.807, 2.05) is 16.8 Å². The van der Waals surface area contributed by atoms with E-state index in [1.165, 1.54) is 18.4 Å². The molecule has 0 bridgehead atoms. The Hall–Kier alpha value is -0.890. The van der Waals surface area contributed by atoms with Gasteiger partial charge in [-0.05, 0) is 37.1 Å². The number of ketones is 1. The van der Waals surface area contributed by atoms with Crippen LogP contribution in [0.2, 0.25) is 0 Å². The monoisotopic (exact) mass is 206 g/mol. The molecule has 1 aliphatic rings. The second kappa shape index (κ2) is 4.56. The summed E-state index contributed by atoms with van der Waals surface area (Å²) in [5.74, 6) is 0.277. The summed E-state index contributed by atoms with van der Waals surface area (Å²) >= 11 is 1.59. The number of rotatable bonds is 3. The maximum Gasteiger partial charge on any atom is 0.167 e. The molecule has 0 saturated heterocycles. The van der Waals surface area contributed by atoms with Crippen LogP contribution in [0, 0.1) is 0 Å². The standard InChI is InChI=1S/C12H14OS/c13-12(11-6-7-14-9-11)8-10-4-2-1-3-5-10/h4,6-7,9H,1-3,5,8H2. The molecule has 0 amide bonds. The SMILES string of the molecule is O=C(CC1=CCCCC1)c1ccsc1. The molecule has 1 heterocycles. The minimum absolute atomic E-state index is 0.277. The van der Waals surface area contributed by atoms with E-state index >= 15 is 0 Å². The van der Waals surface area contributed by atoms with Crippen molar-refractivity contribution in [2.75, 3.05) is 0 Å². The molecule has 1 aromatic heterocycles. The highest BCUT2D eigenvalue weighted by Crippen LogP contribution is 2.22. The average Bonchev–Trinajstić information content (AvgIpc) is 2.72. The third kappa shape index (κ3) is 2.32. The summed E-state index contributed by atoms with van der Waals surface area (Å²) in [6.45, 7) is 0. The van der Waals surface area contributed by atoms with Gasteiger partial charge in [-0.2, -0.15) is 11.3 Å². The van der Waals surface area contributed by atoms with Crippen molar-refractivity contribution < 1.29 is 4.79 Å². The Morgan fingerprint density at radius 2 is 2.36 bits per heavy atom. The van der Waals surface area contributed by atoms with Gasteiger partial charge in [0.25, 0.3) is 0 Å². The number of Topliss-reactive ketones (excluding diaryl/α,β-unsaturated/α-hetero) is 1. The van der Waals surface area contributed by atoms with Crippen LogP contribution < -0.4 is 0 Å². The molecule has 1 nitrogen and oxygen atoms in total. The van der Waals surface area contributed by atoms with E-state index < -0.39 is 0 Å². The van der Waals surface area contributed by atoms with Crippen molar-refractivity contribution in [3.05, 3.63) is 34.0 Å². The maximum atomic E-state index is 11.7. The summed E-state index contributed by atoms with van der Waals surface area (Å²) in [6.07, 6.45) is 7.70. The Balaban J connectivity index is 1.97. The van der Waals surface area contributed by atoms with Gasteiger partial charge in [-0.15, -0.1) is 0 Å². The topological polar surface area (TPSA) is 17.1 Å². The van der Waals surface area contributed by atoms with Gasteiger partial charge < -0.3 is 0 Å². The highest BCUT2D eigenvalue weighted by Gasteiger charge is 2.10. The highest BCUT2D eigenvalue weighted by molar-refractivity contribution is 7.08. The van der Waals surface area contributed by atoms with Crippen molar-refractivity contribution in [3.63, 3.8) is 0 Å². The normalized spacial score (nSPS) is 16.4. The molecular weight excluding hydrogens is 192 g/mol. The molecule has 0 atom stereocenters. The molecule has 0 fully saturated rings. The molecule has 1 aliphatic carbocycles. The molecule has 2 rings (SSSR count). The van der Waals surface area contributed by atoms with E-state index in [2.05, 4.69) is 6.08 Å². The molecule has 74 valence electrons. The van der Waals surface area contributed by atoms with Crippen molar-refractivity contribution in [1.29, 1.82) is 0 Å². The van der Waals surface area contributed by atoms with Crippen LogP contribution in [-0.4, -0.2) is 5.78 Å². The quantitative estimate of drug-likeness (QED) is 0.542. The zero-order valence-corrected chi connectivity index (χ0v) is 8.98. The first-order valence-electron chi connectivity index (χ1n) is 5.09. The number of allylic oxidation sites excluding steroid dienone is 2. The Bertz CT molecular complexity index is 335. The first kappa shape index (κ1) is 9.66. The molecule has 2 heteroatoms. The lowest BCUT2D eigenvalue weighted by atomic mass is 9.94. The van der Waals surface area contributed by atoms with Crippen LogP contribution in [0.15, 0.2) is 28.5 Å². The van der Waals surface area contributed by atoms with E-state index in [4.69, 9.17) is 0 Å². The van der Waals surface area contributed by atoms with Crippen LogP contribution >= 0.6 is 11.3 Å². The third-order valence-corrected chi connectivity index (χ3v) is 3.30. The molecule has 0 aromatic carbocycles. The highest BCUT2D eigenvalue weighted by atomic mass is 32.1. The van der Waals surface area contributed by atoms with Gasteiger partial charge in [0.1, 0.15) is 0 Å². The second-order valence-electron chi connectivity index (χ2n) is 3.72. The van der Waals surface area contributed by atoms with E-state index in [0.29, 0.717) is 6.42 Å². The van der Waals surface area contributed by atoms with Crippen LogP contribution in [0.3, 0.4) is 0 Å². The first-order valence-corrected chi connectivity index (χ1v) is 6.04. The molecule has 0 radical (unpaired) electrons. The molecule has 0 spiro atoms. The smallest absolute Gasteiger partial charge is 0.167 e. The predicted molar refractivity (Wildman–Crippen MR) is 59.8 cm³/mol. The second-order valence-corrected chi connectivity index (χ2v) is 4.50. The van der Waals surface area contributed by atoms with E-state index in [-0.39, 0.29) is 5.78 Å². The van der Waals surface area contributed by atoms with Crippen LogP contribution in [-0.2, 0) is 0 Å². The summed E-state index contributed by atoms with van der Waals surface area (Å²) in [6, 6.07) is 1.91. The van der Waals surface area contributed by atoms with Crippen molar-refractivity contribution in [2.45, 2.75) is 32.1 Å². The number of thiophene rings is 1. The Labute approximate surface area is 88.5 Å². The fourth-order valence-electron chi connectivity index (χ4n) is 1.80. The Morgan fingerprint density at radius 3 is 3.00 bits per heavy atom. The molecule has 1 aromatic rings. The fourth-order valence-corrected chi connectivity index (χ4v) is 2.46. The minimum atomic E-state index is 0.277. The number of hydrogen-bond donors (Lipinski definition) is 0. The zero-order chi connectivity index (χ0) is 9.80. The Morgan fingerprint density at radius 1 is 1.43 bits per heavy atom. The van der Waals surface area contributed by atoms with Crippen molar-refractivity contribution >= 4 is 17.1 Å². The number of carbonyl (C=O) groups is 1. The summed E-state index contributed by atoms with van der Waals surface area (Å²) in [7, 11) is 0. The lowest BCUT2D eigenvalue weighted by molar-refractivity contribution is 0.0992. The van der Waals surface area contributed by atoms with Crippen LogP contribution in [0.1, 0.15) is 42.5 Å². The van der Waals surface area contributed by atoms with E-state index in [0.717, 1.165) is 18.4 Å². The minimum Gasteiger partial charge on any atom is -0.294 e. The average molecular weight is 206 g/mol. The first-order chi connectivity index (χ1) is 6.86. The molecular formula is C12H14OS. The lowest BCUT2D eigenvalue weighted by Gasteiger charge is -2.11. The third-order valence-electron chi connectivity index (χ3n) is 2.62. The molecule has 14 heavy (non-hydrogen) atoms. The molecule has 0 unspecified atom stereocenters. The van der Waals surface area contributed by atoms with Crippen LogP contribution in [0.5, 0.6) is 0 Å². The zero-order valence-electron chi connectivity index (χ0n) is 8.16. The fraction of sp³-hybridized carbons (Fsp3) is 0.417. The van der Waals surface area contributed by atoms with Gasteiger partial charge in [0.2, 0.25) is 0 Å². The number of hydrogen-bond acceptors (Lipinski definition) is 2. The largest absolute Gasteiger partial charge is 0.294 e. The van der Waals surface area contributed by atoms with Gasteiger partial charge in [0.15, 0.2) is 5.78 Å². The maximum absolute atomic E-state index is 11.7. The van der Waals surface area contributed by atoms with E-state index in [1.54, 1.807) is 11.3 Å². The molecule has 0 N–H and O–H groups in total. The predicted octanol–water partition coefficient (Wildman–Crippen LogP) is 3.82.